The molecule has 0 unspecified atom stereocenters. The van der Waals surface area contributed by atoms with Gasteiger partial charge in [0.1, 0.15) is 0 Å². The molecule has 1 aliphatic rings. The Morgan fingerprint density at radius 3 is 2.46 bits per heavy atom. The first kappa shape index (κ1) is 14.5. The van der Waals surface area contributed by atoms with Crippen LogP contribution in [-0.4, -0.2) is 10.5 Å². The van der Waals surface area contributed by atoms with Crippen LogP contribution in [0, 0.1) is 13.8 Å². The molecule has 118 valence electrons. The van der Waals surface area contributed by atoms with Gasteiger partial charge in [-0.1, -0.05) is 36.4 Å². The van der Waals surface area contributed by atoms with Gasteiger partial charge in [-0.25, -0.2) is 0 Å². The van der Waals surface area contributed by atoms with Gasteiger partial charge in [-0.2, -0.15) is 0 Å². The molecule has 0 aliphatic carbocycles. The Hall–Kier alpha value is -3.07. The van der Waals surface area contributed by atoms with E-state index in [0.717, 1.165) is 39.5 Å². The number of nitrogens with one attached hydrogen (secondary N) is 1. The zero-order valence-electron chi connectivity index (χ0n) is 13.7. The SMILES string of the molecule is Cc1cc(/C=C2\C(=O)Nc3ccccc32)c(C)n1-c1ccccc1. The highest BCUT2D eigenvalue weighted by molar-refractivity contribution is 6.34. The molecular weight excluding hydrogens is 296 g/mol. The van der Waals surface area contributed by atoms with Crippen LogP contribution >= 0.6 is 0 Å². The van der Waals surface area contributed by atoms with Gasteiger partial charge in [-0.15, -0.1) is 0 Å². The summed E-state index contributed by atoms with van der Waals surface area (Å²) in [5.74, 6) is -0.0410. The highest BCUT2D eigenvalue weighted by atomic mass is 16.2. The minimum atomic E-state index is -0.0410. The highest BCUT2D eigenvalue weighted by Gasteiger charge is 2.24. The Morgan fingerprint density at radius 1 is 0.958 bits per heavy atom. The van der Waals surface area contributed by atoms with Crippen LogP contribution in [0.25, 0.3) is 17.3 Å². The summed E-state index contributed by atoms with van der Waals surface area (Å²) in [5.41, 5.74) is 7.05. The van der Waals surface area contributed by atoms with Gasteiger partial charge in [-0.05, 0) is 49.8 Å². The molecule has 1 aromatic heterocycles. The predicted molar refractivity (Wildman–Crippen MR) is 98.2 cm³/mol. The Morgan fingerprint density at radius 2 is 1.67 bits per heavy atom. The van der Waals surface area contributed by atoms with Crippen LogP contribution in [0.3, 0.4) is 0 Å². The second-order valence-electron chi connectivity index (χ2n) is 6.06. The van der Waals surface area contributed by atoms with Crippen molar-refractivity contribution in [2.24, 2.45) is 0 Å². The summed E-state index contributed by atoms with van der Waals surface area (Å²) in [7, 11) is 0. The maximum absolute atomic E-state index is 12.3. The predicted octanol–water partition coefficient (Wildman–Crippen LogP) is 4.59. The van der Waals surface area contributed by atoms with Gasteiger partial charge >= 0.3 is 0 Å². The summed E-state index contributed by atoms with van der Waals surface area (Å²) in [5, 5.41) is 2.93. The Kier molecular flexibility index (Phi) is 3.35. The third-order valence-electron chi connectivity index (χ3n) is 4.49. The first-order chi connectivity index (χ1) is 11.6. The molecule has 1 amide bonds. The molecule has 2 heterocycles. The summed E-state index contributed by atoms with van der Waals surface area (Å²) in [6.07, 6.45) is 1.99. The third kappa shape index (κ3) is 2.26. The fraction of sp³-hybridized carbons (Fsp3) is 0.0952. The van der Waals surface area contributed by atoms with Gasteiger partial charge in [0.2, 0.25) is 0 Å². The van der Waals surface area contributed by atoms with Crippen molar-refractivity contribution in [2.45, 2.75) is 13.8 Å². The van der Waals surface area contributed by atoms with Crippen LogP contribution in [-0.2, 0) is 4.79 Å². The zero-order valence-corrected chi connectivity index (χ0v) is 13.7. The Balaban J connectivity index is 1.84. The van der Waals surface area contributed by atoms with Crippen LogP contribution < -0.4 is 5.32 Å². The molecule has 0 bridgehead atoms. The molecule has 3 heteroatoms. The lowest BCUT2D eigenvalue weighted by molar-refractivity contribution is -0.110. The van der Waals surface area contributed by atoms with E-state index in [1.54, 1.807) is 0 Å². The molecule has 3 nitrogen and oxygen atoms in total. The average Bonchev–Trinajstić information content (AvgIpc) is 3.05. The van der Waals surface area contributed by atoms with Crippen LogP contribution in [0.2, 0.25) is 0 Å². The van der Waals surface area contributed by atoms with Gasteiger partial charge < -0.3 is 9.88 Å². The van der Waals surface area contributed by atoms with Crippen molar-refractivity contribution < 1.29 is 4.79 Å². The van der Waals surface area contributed by atoms with E-state index in [9.17, 15) is 4.79 Å². The van der Waals surface area contributed by atoms with Crippen LogP contribution in [0.15, 0.2) is 60.7 Å². The monoisotopic (exact) mass is 314 g/mol. The average molecular weight is 314 g/mol. The molecule has 1 N–H and O–H groups in total. The number of nitrogens with zero attached hydrogens (tertiary/aromatic N) is 1. The van der Waals surface area contributed by atoms with E-state index in [2.05, 4.69) is 41.9 Å². The first-order valence-corrected chi connectivity index (χ1v) is 8.02. The number of anilines is 1. The number of amides is 1. The van der Waals surface area contributed by atoms with Crippen molar-refractivity contribution in [1.29, 1.82) is 0 Å². The largest absolute Gasteiger partial charge is 0.321 e. The Bertz CT molecular complexity index is 965. The van der Waals surface area contributed by atoms with Crippen LogP contribution in [0.5, 0.6) is 0 Å². The van der Waals surface area contributed by atoms with Gasteiger partial charge in [-0.3, -0.25) is 4.79 Å². The normalized spacial score (nSPS) is 14.8. The number of hydrogen-bond acceptors (Lipinski definition) is 1. The van der Waals surface area contributed by atoms with Gasteiger partial charge in [0.15, 0.2) is 0 Å². The molecule has 1 aliphatic heterocycles. The van der Waals surface area contributed by atoms with Crippen molar-refractivity contribution >= 4 is 23.2 Å². The summed E-state index contributed by atoms with van der Waals surface area (Å²) >= 11 is 0. The summed E-state index contributed by atoms with van der Waals surface area (Å²) < 4.78 is 2.21. The minimum absolute atomic E-state index is 0.0410. The summed E-state index contributed by atoms with van der Waals surface area (Å²) in [6, 6.07) is 20.2. The number of benzene rings is 2. The van der Waals surface area contributed by atoms with Crippen molar-refractivity contribution in [3.8, 4) is 5.69 Å². The third-order valence-corrected chi connectivity index (χ3v) is 4.49. The van der Waals surface area contributed by atoms with Gasteiger partial charge in [0.05, 0.1) is 0 Å². The van der Waals surface area contributed by atoms with Crippen molar-refractivity contribution in [1.82, 2.24) is 4.57 Å². The molecule has 0 saturated heterocycles. The first-order valence-electron chi connectivity index (χ1n) is 8.02. The molecule has 24 heavy (non-hydrogen) atoms. The standard InChI is InChI=1S/C21H18N2O/c1-14-12-16(15(2)23(14)17-8-4-3-5-9-17)13-19-18-10-6-7-11-20(18)22-21(19)24/h3-13H,1-2H3,(H,22,24)/b19-13-. The molecule has 3 aromatic rings. The van der Waals surface area contributed by atoms with Crippen molar-refractivity contribution in [2.75, 3.05) is 5.32 Å². The summed E-state index contributed by atoms with van der Waals surface area (Å²) in [4.78, 5) is 12.3. The van der Waals surface area contributed by atoms with E-state index < -0.39 is 0 Å². The van der Waals surface area contributed by atoms with Crippen LogP contribution in [0.1, 0.15) is 22.5 Å². The second kappa shape index (κ2) is 5.53. The number of para-hydroxylation sites is 2. The number of aryl methyl sites for hydroxylation is 1. The smallest absolute Gasteiger partial charge is 0.256 e. The molecular formula is C21H18N2O. The molecule has 2 aromatic carbocycles. The van der Waals surface area contributed by atoms with E-state index in [-0.39, 0.29) is 5.91 Å². The molecule has 0 atom stereocenters. The molecule has 0 fully saturated rings. The van der Waals surface area contributed by atoms with E-state index in [1.807, 2.05) is 48.5 Å². The van der Waals surface area contributed by atoms with E-state index in [4.69, 9.17) is 0 Å². The highest BCUT2D eigenvalue weighted by Crippen LogP contribution is 2.34. The number of carbonyl (C=O) groups excluding carboxylic acids is 1. The minimum Gasteiger partial charge on any atom is -0.321 e. The number of carbonyl (C=O) groups is 1. The zero-order chi connectivity index (χ0) is 16.7. The second-order valence-corrected chi connectivity index (χ2v) is 6.06. The molecule has 4 rings (SSSR count). The van der Waals surface area contributed by atoms with Crippen molar-refractivity contribution in [3.63, 3.8) is 0 Å². The Labute approximate surface area is 141 Å². The molecule has 0 saturated carbocycles. The van der Waals surface area contributed by atoms with E-state index >= 15 is 0 Å². The maximum Gasteiger partial charge on any atom is 0.256 e. The number of hydrogen-bond donors (Lipinski definition) is 1. The fourth-order valence-corrected chi connectivity index (χ4v) is 3.35. The number of rotatable bonds is 2. The number of fused-ring (bicyclic) bond motifs is 1. The van der Waals surface area contributed by atoms with Gasteiger partial charge in [0.25, 0.3) is 5.91 Å². The summed E-state index contributed by atoms with van der Waals surface area (Å²) in [6.45, 7) is 4.18. The lowest BCUT2D eigenvalue weighted by Gasteiger charge is -2.09. The fourth-order valence-electron chi connectivity index (χ4n) is 3.35. The molecule has 0 radical (unpaired) electrons. The quantitative estimate of drug-likeness (QED) is 0.690. The molecule has 0 spiro atoms. The maximum atomic E-state index is 12.3. The topological polar surface area (TPSA) is 34.0 Å². The lowest BCUT2D eigenvalue weighted by Crippen LogP contribution is -2.03. The van der Waals surface area contributed by atoms with Gasteiger partial charge in [0, 0.05) is 33.9 Å². The van der Waals surface area contributed by atoms with Crippen LogP contribution in [0.4, 0.5) is 5.69 Å². The van der Waals surface area contributed by atoms with E-state index in [1.165, 1.54) is 0 Å². The van der Waals surface area contributed by atoms with Crippen molar-refractivity contribution in [3.05, 3.63) is 83.2 Å². The number of aromatic nitrogens is 1. The van der Waals surface area contributed by atoms with E-state index in [0.29, 0.717) is 0 Å². The lowest BCUT2D eigenvalue weighted by atomic mass is 10.0.